The van der Waals surface area contributed by atoms with Crippen LogP contribution in [0.2, 0.25) is 0 Å². The van der Waals surface area contributed by atoms with Gasteiger partial charge in [0.2, 0.25) is 0 Å². The Morgan fingerprint density at radius 3 is 2.48 bits per heavy atom. The third kappa shape index (κ3) is 3.53. The van der Waals surface area contributed by atoms with E-state index in [1.807, 2.05) is 32.0 Å². The molecule has 1 atom stereocenters. The van der Waals surface area contributed by atoms with Crippen LogP contribution < -0.4 is 10.7 Å². The van der Waals surface area contributed by atoms with Gasteiger partial charge in [-0.2, -0.15) is 0 Å². The summed E-state index contributed by atoms with van der Waals surface area (Å²) in [5, 5.41) is 3.03. The minimum atomic E-state index is -0.295. The predicted octanol–water partition coefficient (Wildman–Crippen LogP) is 3.59. The zero-order chi connectivity index (χ0) is 18.2. The molecule has 0 unspecified atom stereocenters. The van der Waals surface area contributed by atoms with Crippen LogP contribution >= 0.6 is 0 Å². The Kier molecular flexibility index (Phi) is 4.55. The molecule has 1 amide bonds. The molecule has 4 heteroatoms. The fourth-order valence-electron chi connectivity index (χ4n) is 3.14. The van der Waals surface area contributed by atoms with Crippen LogP contribution in [0.25, 0.3) is 0 Å². The SMILES string of the molecule is Cc1cc(=O)c(C(=O)N[C@@H](C)C(C)(C)c2ccccc2)cn1C1CC1. The Balaban J connectivity index is 1.82. The van der Waals surface area contributed by atoms with Crippen molar-refractivity contribution in [3.63, 3.8) is 0 Å². The van der Waals surface area contributed by atoms with Crippen LogP contribution in [0.1, 0.15) is 61.3 Å². The van der Waals surface area contributed by atoms with E-state index < -0.39 is 0 Å². The van der Waals surface area contributed by atoms with Gasteiger partial charge in [0.15, 0.2) is 5.43 Å². The quantitative estimate of drug-likeness (QED) is 0.906. The summed E-state index contributed by atoms with van der Waals surface area (Å²) in [6.45, 7) is 8.11. The summed E-state index contributed by atoms with van der Waals surface area (Å²) in [4.78, 5) is 25.0. The second-order valence-electron chi connectivity index (χ2n) is 7.61. The van der Waals surface area contributed by atoms with Crippen molar-refractivity contribution in [3.8, 4) is 0 Å². The Bertz CT molecular complexity index is 833. The van der Waals surface area contributed by atoms with E-state index in [1.54, 1.807) is 12.3 Å². The topological polar surface area (TPSA) is 51.1 Å². The van der Waals surface area contributed by atoms with Gasteiger partial charge in [-0.15, -0.1) is 0 Å². The normalized spacial score (nSPS) is 15.7. The maximum atomic E-state index is 12.7. The molecule has 4 nitrogen and oxygen atoms in total. The molecule has 1 saturated carbocycles. The number of nitrogens with one attached hydrogen (secondary N) is 1. The summed E-state index contributed by atoms with van der Waals surface area (Å²) < 4.78 is 2.06. The molecule has 1 fully saturated rings. The lowest BCUT2D eigenvalue weighted by Crippen LogP contribution is -2.46. The molecular formula is C21H26N2O2. The second kappa shape index (κ2) is 6.51. The third-order valence-corrected chi connectivity index (χ3v) is 5.41. The summed E-state index contributed by atoms with van der Waals surface area (Å²) in [7, 11) is 0. The van der Waals surface area contributed by atoms with Gasteiger partial charge in [0.1, 0.15) is 5.56 Å². The Morgan fingerprint density at radius 1 is 1.24 bits per heavy atom. The molecule has 3 rings (SSSR count). The van der Waals surface area contributed by atoms with Crippen molar-refractivity contribution < 1.29 is 4.79 Å². The molecule has 0 saturated heterocycles. The largest absolute Gasteiger partial charge is 0.349 e. The first-order valence-corrected chi connectivity index (χ1v) is 8.90. The third-order valence-electron chi connectivity index (χ3n) is 5.41. The van der Waals surface area contributed by atoms with E-state index >= 15 is 0 Å². The van der Waals surface area contributed by atoms with Crippen LogP contribution in [0.3, 0.4) is 0 Å². The highest BCUT2D eigenvalue weighted by atomic mass is 16.2. The van der Waals surface area contributed by atoms with Crippen LogP contribution in [0, 0.1) is 6.92 Å². The number of aromatic nitrogens is 1. The standard InChI is InChI=1S/C21H26N2O2/c1-14-12-19(24)18(13-23(14)17-10-11-17)20(25)22-15(2)21(3,4)16-8-6-5-7-9-16/h5-9,12-13,15,17H,10-11H2,1-4H3,(H,22,25)/t15-/m0/s1. The number of hydrogen-bond donors (Lipinski definition) is 1. The summed E-state index contributed by atoms with van der Waals surface area (Å²) in [6.07, 6.45) is 3.96. The number of hydrogen-bond acceptors (Lipinski definition) is 2. The van der Waals surface area contributed by atoms with Gasteiger partial charge in [-0.05, 0) is 32.3 Å². The van der Waals surface area contributed by atoms with Crippen LogP contribution in [0.5, 0.6) is 0 Å². The fourth-order valence-corrected chi connectivity index (χ4v) is 3.14. The molecule has 132 valence electrons. The number of rotatable bonds is 5. The first kappa shape index (κ1) is 17.5. The van der Waals surface area contributed by atoms with Crippen LogP contribution in [0.15, 0.2) is 47.4 Å². The first-order chi connectivity index (χ1) is 11.8. The maximum Gasteiger partial charge on any atom is 0.256 e. The van der Waals surface area contributed by atoms with E-state index in [-0.39, 0.29) is 28.4 Å². The van der Waals surface area contributed by atoms with E-state index in [1.165, 1.54) is 0 Å². The van der Waals surface area contributed by atoms with Crippen molar-refractivity contribution in [2.45, 2.75) is 58.0 Å². The minimum Gasteiger partial charge on any atom is -0.349 e. The molecular weight excluding hydrogens is 312 g/mol. The lowest BCUT2D eigenvalue weighted by atomic mass is 9.78. The Hall–Kier alpha value is -2.36. The van der Waals surface area contributed by atoms with Crippen molar-refractivity contribution in [2.75, 3.05) is 0 Å². The first-order valence-electron chi connectivity index (χ1n) is 8.90. The molecule has 25 heavy (non-hydrogen) atoms. The highest BCUT2D eigenvalue weighted by Crippen LogP contribution is 2.35. The summed E-state index contributed by atoms with van der Waals surface area (Å²) in [6, 6.07) is 12.0. The summed E-state index contributed by atoms with van der Waals surface area (Å²) >= 11 is 0. The number of pyridine rings is 1. The smallest absolute Gasteiger partial charge is 0.256 e. The monoisotopic (exact) mass is 338 g/mol. The van der Waals surface area contributed by atoms with E-state index in [4.69, 9.17) is 0 Å². The van der Waals surface area contributed by atoms with Gasteiger partial charge in [0.25, 0.3) is 5.91 Å². The van der Waals surface area contributed by atoms with Gasteiger partial charge in [-0.3, -0.25) is 9.59 Å². The summed E-state index contributed by atoms with van der Waals surface area (Å²) in [5.74, 6) is -0.295. The number of amides is 1. The molecule has 1 heterocycles. The molecule has 0 spiro atoms. The number of carbonyl (C=O) groups excluding carboxylic acids is 1. The molecule has 1 aliphatic carbocycles. The Labute approximate surface area is 148 Å². The van der Waals surface area contributed by atoms with Crippen molar-refractivity contribution in [2.24, 2.45) is 0 Å². The number of nitrogens with zero attached hydrogens (tertiary/aromatic N) is 1. The predicted molar refractivity (Wildman–Crippen MR) is 100 cm³/mol. The van der Waals surface area contributed by atoms with Crippen molar-refractivity contribution >= 4 is 5.91 Å². The average Bonchev–Trinajstić information content (AvgIpc) is 3.40. The molecule has 0 radical (unpaired) electrons. The number of carbonyl (C=O) groups is 1. The van der Waals surface area contributed by atoms with Gasteiger partial charge in [0.05, 0.1) is 0 Å². The second-order valence-corrected chi connectivity index (χ2v) is 7.61. The molecule has 2 aromatic rings. The molecule has 1 aromatic carbocycles. The highest BCUT2D eigenvalue weighted by molar-refractivity contribution is 5.94. The molecule has 1 aliphatic rings. The molecule has 1 aromatic heterocycles. The minimum absolute atomic E-state index is 0.113. The number of benzene rings is 1. The van der Waals surface area contributed by atoms with Crippen LogP contribution in [0.4, 0.5) is 0 Å². The molecule has 0 aliphatic heterocycles. The van der Waals surface area contributed by atoms with Crippen molar-refractivity contribution in [1.82, 2.24) is 9.88 Å². The highest BCUT2D eigenvalue weighted by Gasteiger charge is 2.30. The van der Waals surface area contributed by atoms with Crippen molar-refractivity contribution in [1.29, 1.82) is 0 Å². The molecule has 0 bridgehead atoms. The van der Waals surface area contributed by atoms with Crippen LogP contribution in [-0.4, -0.2) is 16.5 Å². The molecule has 1 N–H and O–H groups in total. The lowest BCUT2D eigenvalue weighted by molar-refractivity contribution is 0.0922. The lowest BCUT2D eigenvalue weighted by Gasteiger charge is -2.33. The maximum absolute atomic E-state index is 12.7. The van der Waals surface area contributed by atoms with Gasteiger partial charge in [-0.25, -0.2) is 0 Å². The van der Waals surface area contributed by atoms with Gasteiger partial charge >= 0.3 is 0 Å². The van der Waals surface area contributed by atoms with E-state index in [2.05, 4.69) is 35.9 Å². The zero-order valence-corrected chi connectivity index (χ0v) is 15.4. The van der Waals surface area contributed by atoms with E-state index in [0.29, 0.717) is 6.04 Å². The van der Waals surface area contributed by atoms with Gasteiger partial charge < -0.3 is 9.88 Å². The van der Waals surface area contributed by atoms with Gasteiger partial charge in [-0.1, -0.05) is 44.2 Å². The van der Waals surface area contributed by atoms with E-state index in [0.717, 1.165) is 24.1 Å². The van der Waals surface area contributed by atoms with E-state index in [9.17, 15) is 9.59 Å². The number of aryl methyl sites for hydroxylation is 1. The van der Waals surface area contributed by atoms with Gasteiger partial charge in [0, 0.05) is 35.5 Å². The Morgan fingerprint density at radius 2 is 1.88 bits per heavy atom. The average molecular weight is 338 g/mol. The zero-order valence-electron chi connectivity index (χ0n) is 15.4. The summed E-state index contributed by atoms with van der Waals surface area (Å²) in [5.41, 5.74) is 1.85. The fraction of sp³-hybridized carbons (Fsp3) is 0.429. The van der Waals surface area contributed by atoms with Crippen LogP contribution in [-0.2, 0) is 5.41 Å². The van der Waals surface area contributed by atoms with Crippen molar-refractivity contribution in [3.05, 3.63) is 69.6 Å².